The van der Waals surface area contributed by atoms with Gasteiger partial charge in [0.25, 0.3) is 0 Å². The molecule has 9 nitrogen and oxygen atoms in total. The second-order valence-corrected chi connectivity index (χ2v) is 4.68. The first-order valence-electron chi connectivity index (χ1n) is 6.21. The van der Waals surface area contributed by atoms with Gasteiger partial charge in [-0.25, -0.2) is 9.59 Å². The molecule has 0 radical (unpaired) electrons. The van der Waals surface area contributed by atoms with Crippen LogP contribution in [-0.4, -0.2) is 56.8 Å². The highest BCUT2D eigenvalue weighted by atomic mass is 19.4. The maximum absolute atomic E-state index is 12.0. The highest BCUT2D eigenvalue weighted by molar-refractivity contribution is 5.75. The quantitative estimate of drug-likeness (QED) is 0.569. The third-order valence-corrected chi connectivity index (χ3v) is 3.07. The number of hydrogen-bond donors (Lipinski definition) is 3. The third-order valence-electron chi connectivity index (χ3n) is 3.07. The molecule has 1 saturated heterocycles. The van der Waals surface area contributed by atoms with Gasteiger partial charge in [0.15, 0.2) is 6.23 Å². The molecule has 1 aliphatic heterocycles. The van der Waals surface area contributed by atoms with Crippen molar-refractivity contribution in [2.24, 2.45) is 0 Å². The van der Waals surface area contributed by atoms with E-state index in [0.717, 1.165) is 10.8 Å². The number of alkyl halides is 3. The number of esters is 1. The van der Waals surface area contributed by atoms with E-state index in [-0.39, 0.29) is 5.82 Å². The number of anilines is 1. The summed E-state index contributed by atoms with van der Waals surface area (Å²) in [6, 6.07) is 1.22. The van der Waals surface area contributed by atoms with E-state index in [2.05, 4.69) is 9.72 Å². The molecule has 4 N–H and O–H groups in total. The van der Waals surface area contributed by atoms with Gasteiger partial charge in [0.2, 0.25) is 0 Å². The molecule has 1 fully saturated rings. The monoisotopic (exact) mass is 339 g/mol. The first kappa shape index (κ1) is 17.2. The van der Waals surface area contributed by atoms with Gasteiger partial charge in [-0.1, -0.05) is 0 Å². The van der Waals surface area contributed by atoms with Crippen molar-refractivity contribution in [3.63, 3.8) is 0 Å². The molecule has 1 aromatic heterocycles. The van der Waals surface area contributed by atoms with Crippen LogP contribution in [0.5, 0.6) is 0 Å². The Labute approximate surface area is 126 Å². The van der Waals surface area contributed by atoms with Gasteiger partial charge in [-0.2, -0.15) is 18.2 Å². The van der Waals surface area contributed by atoms with Crippen molar-refractivity contribution in [2.75, 3.05) is 12.3 Å². The van der Waals surface area contributed by atoms with Crippen LogP contribution in [0, 0.1) is 0 Å². The van der Waals surface area contributed by atoms with Gasteiger partial charge in [-0.05, 0) is 6.07 Å². The van der Waals surface area contributed by atoms with Gasteiger partial charge in [0.05, 0.1) is 0 Å². The normalized spacial score (nSPS) is 27.9. The van der Waals surface area contributed by atoms with E-state index in [1.807, 2.05) is 0 Å². The lowest BCUT2D eigenvalue weighted by Gasteiger charge is -2.16. The Morgan fingerprint density at radius 2 is 2.09 bits per heavy atom. The minimum atomic E-state index is -5.20. The number of aliphatic hydroxyl groups is 2. The van der Waals surface area contributed by atoms with Crippen LogP contribution in [0.15, 0.2) is 17.1 Å². The number of carbonyl (C=O) groups is 1. The van der Waals surface area contributed by atoms with Crippen molar-refractivity contribution >= 4 is 11.8 Å². The topological polar surface area (TPSA) is 137 Å². The summed E-state index contributed by atoms with van der Waals surface area (Å²) >= 11 is 0. The predicted molar refractivity (Wildman–Crippen MR) is 65.8 cm³/mol. The average Bonchev–Trinajstić information content (AvgIpc) is 2.72. The van der Waals surface area contributed by atoms with Crippen molar-refractivity contribution in [3.8, 4) is 0 Å². The summed E-state index contributed by atoms with van der Waals surface area (Å²) in [6.07, 6.45) is -10.3. The zero-order valence-electron chi connectivity index (χ0n) is 11.3. The van der Waals surface area contributed by atoms with Crippen LogP contribution in [0.1, 0.15) is 6.23 Å². The lowest BCUT2D eigenvalue weighted by Crippen LogP contribution is -2.37. The summed E-state index contributed by atoms with van der Waals surface area (Å²) in [6.45, 7) is -0.954. The molecule has 0 amide bonds. The summed E-state index contributed by atoms with van der Waals surface area (Å²) in [7, 11) is 0. The minimum Gasteiger partial charge on any atom is -0.456 e. The van der Waals surface area contributed by atoms with E-state index in [0.29, 0.717) is 0 Å². The molecule has 2 heterocycles. The van der Waals surface area contributed by atoms with E-state index in [9.17, 15) is 33.0 Å². The van der Waals surface area contributed by atoms with E-state index >= 15 is 0 Å². The van der Waals surface area contributed by atoms with Crippen molar-refractivity contribution in [1.29, 1.82) is 0 Å². The third kappa shape index (κ3) is 3.60. The molecule has 23 heavy (non-hydrogen) atoms. The number of rotatable bonds is 3. The van der Waals surface area contributed by atoms with Gasteiger partial charge in [-0.15, -0.1) is 0 Å². The minimum absolute atomic E-state index is 0.0880. The SMILES string of the molecule is Nc1ccn([C@@H]2O[C@H](COC(=O)C(F)(F)F)[C@@H](O)[C@H]2O)c(=O)n1. The molecule has 0 bridgehead atoms. The number of nitrogens with zero attached hydrogens (tertiary/aromatic N) is 2. The maximum atomic E-state index is 12.0. The molecule has 0 aliphatic carbocycles. The molecule has 0 spiro atoms. The number of ether oxygens (including phenoxy) is 2. The van der Waals surface area contributed by atoms with Crippen LogP contribution in [0.4, 0.5) is 19.0 Å². The van der Waals surface area contributed by atoms with E-state index in [1.54, 1.807) is 0 Å². The molecule has 0 saturated carbocycles. The molecule has 0 unspecified atom stereocenters. The Hall–Kier alpha value is -2.18. The predicted octanol–water partition coefficient (Wildman–Crippen LogP) is -1.45. The van der Waals surface area contributed by atoms with Crippen LogP contribution >= 0.6 is 0 Å². The Morgan fingerprint density at radius 1 is 1.43 bits per heavy atom. The smallest absolute Gasteiger partial charge is 0.456 e. The largest absolute Gasteiger partial charge is 0.490 e. The standard InChI is InChI=1S/C11H12F3N3O6/c12-11(13,14)9(20)22-3-4-6(18)7(19)8(23-4)17-2-1-5(15)16-10(17)21/h1-2,4,6-8,18-19H,3H2,(H2,15,16,21)/t4-,6-,7-,8-/m1/s1. The number of hydrogen-bond acceptors (Lipinski definition) is 8. The number of aliphatic hydroxyl groups excluding tert-OH is 2. The van der Waals surface area contributed by atoms with Crippen LogP contribution in [0.2, 0.25) is 0 Å². The van der Waals surface area contributed by atoms with Crippen molar-refractivity contribution in [2.45, 2.75) is 30.7 Å². The van der Waals surface area contributed by atoms with Gasteiger partial charge in [0, 0.05) is 6.20 Å². The van der Waals surface area contributed by atoms with E-state index in [1.165, 1.54) is 6.07 Å². The number of halogens is 3. The van der Waals surface area contributed by atoms with Gasteiger partial charge in [0.1, 0.15) is 30.7 Å². The van der Waals surface area contributed by atoms with Crippen molar-refractivity contribution in [3.05, 3.63) is 22.7 Å². The highest BCUT2D eigenvalue weighted by Crippen LogP contribution is 2.29. The fourth-order valence-corrected chi connectivity index (χ4v) is 1.96. The Balaban J connectivity index is 2.09. The highest BCUT2D eigenvalue weighted by Gasteiger charge is 2.46. The van der Waals surface area contributed by atoms with Crippen LogP contribution < -0.4 is 11.4 Å². The summed E-state index contributed by atoms with van der Waals surface area (Å²) in [4.78, 5) is 25.7. The molecule has 128 valence electrons. The average molecular weight is 339 g/mol. The van der Waals surface area contributed by atoms with Crippen molar-refractivity contribution < 1.29 is 37.7 Å². The lowest BCUT2D eigenvalue weighted by atomic mass is 10.1. The molecule has 1 aliphatic rings. The first-order chi connectivity index (χ1) is 10.6. The molecular formula is C11H12F3N3O6. The summed E-state index contributed by atoms with van der Waals surface area (Å²) in [5.41, 5.74) is 4.40. The second kappa shape index (κ2) is 6.14. The molecule has 4 atom stereocenters. The van der Waals surface area contributed by atoms with E-state index in [4.69, 9.17) is 10.5 Å². The number of nitrogen functional groups attached to an aromatic ring is 1. The summed E-state index contributed by atoms with van der Waals surface area (Å²) in [5.74, 6) is -2.55. The fourth-order valence-electron chi connectivity index (χ4n) is 1.96. The maximum Gasteiger partial charge on any atom is 0.490 e. The molecular weight excluding hydrogens is 327 g/mol. The van der Waals surface area contributed by atoms with E-state index < -0.39 is 49.0 Å². The van der Waals surface area contributed by atoms with Crippen LogP contribution in [-0.2, 0) is 14.3 Å². The Bertz CT molecular complexity index is 649. The van der Waals surface area contributed by atoms with Gasteiger partial charge < -0.3 is 25.4 Å². The van der Waals surface area contributed by atoms with Gasteiger partial charge >= 0.3 is 17.8 Å². The Kier molecular flexibility index (Phi) is 4.58. The number of aromatic nitrogens is 2. The number of nitrogens with two attached hydrogens (primary N) is 1. The summed E-state index contributed by atoms with van der Waals surface area (Å²) < 4.78 is 46.0. The molecule has 0 aromatic carbocycles. The van der Waals surface area contributed by atoms with Gasteiger partial charge in [-0.3, -0.25) is 4.57 Å². The molecule has 1 aromatic rings. The van der Waals surface area contributed by atoms with Crippen LogP contribution in [0.25, 0.3) is 0 Å². The zero-order valence-corrected chi connectivity index (χ0v) is 11.3. The number of carbonyl (C=O) groups excluding carboxylic acids is 1. The first-order valence-corrected chi connectivity index (χ1v) is 6.21. The molecule has 2 rings (SSSR count). The Morgan fingerprint density at radius 3 is 2.65 bits per heavy atom. The second-order valence-electron chi connectivity index (χ2n) is 4.68. The summed E-state index contributed by atoms with van der Waals surface area (Å²) in [5, 5.41) is 19.6. The van der Waals surface area contributed by atoms with Crippen molar-refractivity contribution in [1.82, 2.24) is 9.55 Å². The fraction of sp³-hybridized carbons (Fsp3) is 0.545. The van der Waals surface area contributed by atoms with Crippen LogP contribution in [0.3, 0.4) is 0 Å². The molecule has 12 heteroatoms. The zero-order chi connectivity index (χ0) is 17.4. The lowest BCUT2D eigenvalue weighted by molar-refractivity contribution is -0.203.